The Bertz CT molecular complexity index is 998. The van der Waals surface area contributed by atoms with Crippen LogP contribution in [0.4, 0.5) is 0 Å². The molecule has 0 saturated heterocycles. The molecule has 0 spiro atoms. The van der Waals surface area contributed by atoms with Crippen LogP contribution in [0.1, 0.15) is 5.56 Å². The van der Waals surface area contributed by atoms with E-state index in [2.05, 4.69) is 25.1 Å². The Morgan fingerprint density at radius 2 is 1.24 bits per heavy atom. The molecule has 0 aliphatic carbocycles. The minimum Gasteiger partial charge on any atom is -0.457 e. The molecule has 0 saturated carbocycles. The largest absolute Gasteiger partial charge is 0.457 e. The molecule has 0 amide bonds. The molecule has 25 heavy (non-hydrogen) atoms. The molecule has 4 aromatic rings. The van der Waals surface area contributed by atoms with Crippen molar-refractivity contribution < 1.29 is 9.47 Å². The van der Waals surface area contributed by atoms with Crippen LogP contribution in [0, 0.1) is 6.92 Å². The average Bonchev–Trinajstić information content (AvgIpc) is 2.64. The number of ether oxygens (including phenoxy) is 2. The second-order valence-corrected chi connectivity index (χ2v) is 5.97. The quantitative estimate of drug-likeness (QED) is 0.414. The third kappa shape index (κ3) is 3.48. The second-order valence-electron chi connectivity index (χ2n) is 5.97. The molecule has 0 bridgehead atoms. The van der Waals surface area contributed by atoms with Gasteiger partial charge in [0, 0.05) is 11.5 Å². The van der Waals surface area contributed by atoms with Crippen LogP contribution in [-0.4, -0.2) is 0 Å². The summed E-state index contributed by atoms with van der Waals surface area (Å²) in [4.78, 5) is 0. The first kappa shape index (κ1) is 15.3. The van der Waals surface area contributed by atoms with Gasteiger partial charge < -0.3 is 9.47 Å². The van der Waals surface area contributed by atoms with Gasteiger partial charge >= 0.3 is 0 Å². The predicted octanol–water partition coefficient (Wildman–Crippen LogP) is 6.73. The van der Waals surface area contributed by atoms with Crippen molar-refractivity contribution in [2.24, 2.45) is 0 Å². The Balaban J connectivity index is 1.60. The van der Waals surface area contributed by atoms with Gasteiger partial charge in [-0.1, -0.05) is 60.2 Å². The standard InChI is InChI=1S/C23H18O2/c1-17-12-14-19(15-13-17)24-20-8-5-9-21(16-20)25-23-11-4-7-18-6-2-3-10-22(18)23/h2-16H,1H3. The van der Waals surface area contributed by atoms with Crippen molar-refractivity contribution in [3.63, 3.8) is 0 Å². The lowest BCUT2D eigenvalue weighted by atomic mass is 10.1. The normalized spacial score (nSPS) is 10.6. The summed E-state index contributed by atoms with van der Waals surface area (Å²) in [6.45, 7) is 2.06. The minimum atomic E-state index is 0.751. The summed E-state index contributed by atoms with van der Waals surface area (Å²) in [5.74, 6) is 3.15. The lowest BCUT2D eigenvalue weighted by Crippen LogP contribution is -1.88. The van der Waals surface area contributed by atoms with Gasteiger partial charge in [0.05, 0.1) is 0 Å². The van der Waals surface area contributed by atoms with Crippen LogP contribution >= 0.6 is 0 Å². The van der Waals surface area contributed by atoms with Gasteiger partial charge in [0.2, 0.25) is 0 Å². The second kappa shape index (κ2) is 6.70. The smallest absolute Gasteiger partial charge is 0.135 e. The maximum atomic E-state index is 6.11. The van der Waals surface area contributed by atoms with E-state index in [1.165, 1.54) is 5.56 Å². The molecule has 0 radical (unpaired) electrons. The van der Waals surface area contributed by atoms with Gasteiger partial charge in [-0.15, -0.1) is 0 Å². The van der Waals surface area contributed by atoms with Crippen molar-refractivity contribution in [1.29, 1.82) is 0 Å². The van der Waals surface area contributed by atoms with Crippen LogP contribution in [0.15, 0.2) is 91.0 Å². The highest BCUT2D eigenvalue weighted by atomic mass is 16.5. The summed E-state index contributed by atoms with van der Waals surface area (Å²) in [6.07, 6.45) is 0. The monoisotopic (exact) mass is 326 g/mol. The number of hydrogen-bond donors (Lipinski definition) is 0. The molecule has 122 valence electrons. The van der Waals surface area contributed by atoms with E-state index in [-0.39, 0.29) is 0 Å². The highest BCUT2D eigenvalue weighted by Gasteiger charge is 2.05. The van der Waals surface area contributed by atoms with Gasteiger partial charge in [-0.05, 0) is 42.6 Å². The fourth-order valence-electron chi connectivity index (χ4n) is 2.76. The Kier molecular flexibility index (Phi) is 4.09. The van der Waals surface area contributed by atoms with Crippen LogP contribution < -0.4 is 9.47 Å². The van der Waals surface area contributed by atoms with Crippen LogP contribution in [0.2, 0.25) is 0 Å². The zero-order chi connectivity index (χ0) is 17.1. The van der Waals surface area contributed by atoms with Crippen molar-refractivity contribution in [3.8, 4) is 23.0 Å². The van der Waals surface area contributed by atoms with Crippen molar-refractivity contribution in [2.45, 2.75) is 6.92 Å². The summed E-state index contributed by atoms with van der Waals surface area (Å²) in [5.41, 5.74) is 1.21. The van der Waals surface area contributed by atoms with Gasteiger partial charge in [-0.2, -0.15) is 0 Å². The van der Waals surface area contributed by atoms with E-state index < -0.39 is 0 Å². The topological polar surface area (TPSA) is 18.5 Å². The molecule has 0 fully saturated rings. The molecule has 0 N–H and O–H groups in total. The molecular weight excluding hydrogens is 308 g/mol. The van der Waals surface area contributed by atoms with Crippen molar-refractivity contribution in [1.82, 2.24) is 0 Å². The fourth-order valence-corrected chi connectivity index (χ4v) is 2.76. The summed E-state index contributed by atoms with van der Waals surface area (Å²) in [5, 5.41) is 2.25. The predicted molar refractivity (Wildman–Crippen MR) is 102 cm³/mol. The van der Waals surface area contributed by atoms with Crippen molar-refractivity contribution >= 4 is 10.8 Å². The summed E-state index contributed by atoms with van der Waals surface area (Å²) in [6, 6.07) is 30.0. The molecule has 0 unspecified atom stereocenters. The van der Waals surface area contributed by atoms with E-state index in [1.807, 2.05) is 72.8 Å². The molecule has 0 heterocycles. The Morgan fingerprint density at radius 3 is 2.08 bits per heavy atom. The highest BCUT2D eigenvalue weighted by Crippen LogP contribution is 2.32. The first-order valence-corrected chi connectivity index (χ1v) is 8.28. The van der Waals surface area contributed by atoms with Gasteiger partial charge in [-0.25, -0.2) is 0 Å². The first-order valence-electron chi connectivity index (χ1n) is 8.28. The zero-order valence-electron chi connectivity index (χ0n) is 14.0. The van der Waals surface area contributed by atoms with Gasteiger partial charge in [0.25, 0.3) is 0 Å². The maximum absolute atomic E-state index is 6.11. The van der Waals surface area contributed by atoms with Gasteiger partial charge in [0.1, 0.15) is 23.0 Å². The van der Waals surface area contributed by atoms with Crippen molar-refractivity contribution in [3.05, 3.63) is 96.6 Å². The van der Waals surface area contributed by atoms with Crippen LogP contribution in [0.5, 0.6) is 23.0 Å². The number of benzene rings is 4. The fraction of sp³-hybridized carbons (Fsp3) is 0.0435. The molecule has 0 aliphatic rings. The zero-order valence-corrected chi connectivity index (χ0v) is 14.0. The number of fused-ring (bicyclic) bond motifs is 1. The molecule has 4 rings (SSSR count). The van der Waals surface area contributed by atoms with E-state index in [1.54, 1.807) is 0 Å². The summed E-state index contributed by atoms with van der Waals surface area (Å²) >= 11 is 0. The molecule has 0 aliphatic heterocycles. The van der Waals surface area contributed by atoms with Crippen LogP contribution in [0.3, 0.4) is 0 Å². The van der Waals surface area contributed by atoms with Gasteiger partial charge in [0.15, 0.2) is 0 Å². The Morgan fingerprint density at radius 1 is 0.560 bits per heavy atom. The molecule has 2 nitrogen and oxygen atoms in total. The molecule has 0 aromatic heterocycles. The van der Waals surface area contributed by atoms with E-state index in [9.17, 15) is 0 Å². The third-order valence-electron chi connectivity index (χ3n) is 4.04. The molecule has 2 heteroatoms. The summed E-state index contributed by atoms with van der Waals surface area (Å²) in [7, 11) is 0. The third-order valence-corrected chi connectivity index (χ3v) is 4.04. The number of rotatable bonds is 4. The van der Waals surface area contributed by atoms with E-state index in [0.717, 1.165) is 33.8 Å². The van der Waals surface area contributed by atoms with Crippen molar-refractivity contribution in [2.75, 3.05) is 0 Å². The average molecular weight is 326 g/mol. The van der Waals surface area contributed by atoms with E-state index >= 15 is 0 Å². The van der Waals surface area contributed by atoms with E-state index in [4.69, 9.17) is 9.47 Å². The van der Waals surface area contributed by atoms with E-state index in [0.29, 0.717) is 0 Å². The molecule has 4 aromatic carbocycles. The molecule has 0 atom stereocenters. The molecular formula is C23H18O2. The number of hydrogen-bond acceptors (Lipinski definition) is 2. The Labute approximate surface area is 147 Å². The Hall–Kier alpha value is -3.26. The summed E-state index contributed by atoms with van der Waals surface area (Å²) < 4.78 is 12.0. The lowest BCUT2D eigenvalue weighted by molar-refractivity contribution is 0.463. The van der Waals surface area contributed by atoms with Crippen LogP contribution in [0.25, 0.3) is 10.8 Å². The highest BCUT2D eigenvalue weighted by molar-refractivity contribution is 5.88. The number of aryl methyl sites for hydroxylation is 1. The maximum Gasteiger partial charge on any atom is 0.135 e. The minimum absolute atomic E-state index is 0.751. The SMILES string of the molecule is Cc1ccc(Oc2cccc(Oc3cccc4ccccc34)c2)cc1. The first-order chi connectivity index (χ1) is 12.3. The van der Waals surface area contributed by atoms with Gasteiger partial charge in [-0.3, -0.25) is 0 Å². The van der Waals surface area contributed by atoms with Crippen LogP contribution in [-0.2, 0) is 0 Å². The lowest BCUT2D eigenvalue weighted by Gasteiger charge is -2.11.